The third-order valence-electron chi connectivity index (χ3n) is 7.09. The maximum atomic E-state index is 12.8. The number of carbonyl (C=O) groups is 1. The lowest BCUT2D eigenvalue weighted by molar-refractivity contribution is -0.137. The Morgan fingerprint density at radius 1 is 1.03 bits per heavy atom. The van der Waals surface area contributed by atoms with Gasteiger partial charge in [0.2, 0.25) is 0 Å². The van der Waals surface area contributed by atoms with E-state index in [4.69, 9.17) is 9.47 Å². The van der Waals surface area contributed by atoms with Crippen molar-refractivity contribution in [2.24, 2.45) is 0 Å². The summed E-state index contributed by atoms with van der Waals surface area (Å²) < 4.78 is 50.7. The Bertz CT molecular complexity index is 1340. The number of nitriles is 1. The van der Waals surface area contributed by atoms with Crippen molar-refractivity contribution >= 4 is 17.5 Å². The topological polar surface area (TPSA) is 82.8 Å². The largest absolute Gasteiger partial charge is 0.417 e. The van der Waals surface area contributed by atoms with Gasteiger partial charge in [0.05, 0.1) is 23.0 Å². The first-order valence-corrected chi connectivity index (χ1v) is 12.8. The molecule has 0 radical (unpaired) electrons. The van der Waals surface area contributed by atoms with E-state index < -0.39 is 17.8 Å². The van der Waals surface area contributed by atoms with Crippen molar-refractivity contribution < 1.29 is 27.4 Å². The molecule has 39 heavy (non-hydrogen) atoms. The number of halogens is 3. The van der Waals surface area contributed by atoms with Crippen molar-refractivity contribution in [3.63, 3.8) is 0 Å². The first kappa shape index (κ1) is 26.6. The average molecular weight is 540 g/mol. The van der Waals surface area contributed by atoms with Crippen LogP contribution in [0.3, 0.4) is 0 Å². The molecule has 2 fully saturated rings. The highest BCUT2D eigenvalue weighted by molar-refractivity contribution is 5.87. The molecule has 2 aliphatic rings. The van der Waals surface area contributed by atoms with Gasteiger partial charge in [-0.3, -0.25) is 10.2 Å². The molecule has 0 spiro atoms. The number of alkyl halides is 3. The van der Waals surface area contributed by atoms with Gasteiger partial charge in [-0.05, 0) is 61.4 Å². The lowest BCUT2D eigenvalue weighted by Crippen LogP contribution is -2.51. The van der Waals surface area contributed by atoms with Crippen molar-refractivity contribution in [3.8, 4) is 17.5 Å². The minimum atomic E-state index is -4.41. The van der Waals surface area contributed by atoms with Crippen LogP contribution in [0, 0.1) is 11.3 Å². The molecule has 0 saturated carbocycles. The van der Waals surface area contributed by atoms with Crippen LogP contribution in [-0.4, -0.2) is 61.0 Å². The normalized spacial score (nSPS) is 17.0. The van der Waals surface area contributed by atoms with Gasteiger partial charge in [-0.15, -0.1) is 0 Å². The summed E-state index contributed by atoms with van der Waals surface area (Å²) in [6.45, 7) is 5.10. The zero-order valence-electron chi connectivity index (χ0n) is 21.2. The molecule has 0 aliphatic carbocycles. The molecule has 1 N–H and O–H groups in total. The quantitative estimate of drug-likeness (QED) is 0.475. The van der Waals surface area contributed by atoms with Crippen molar-refractivity contribution in [3.05, 3.63) is 72.1 Å². The summed E-state index contributed by atoms with van der Waals surface area (Å²) in [5.41, 5.74) is 1.45. The number of nitrogens with zero attached hydrogens (tertiary/aromatic N) is 4. The van der Waals surface area contributed by atoms with Crippen molar-refractivity contribution in [2.75, 3.05) is 49.6 Å². The molecule has 0 atom stereocenters. The van der Waals surface area contributed by atoms with Crippen LogP contribution in [0.25, 0.3) is 5.69 Å². The van der Waals surface area contributed by atoms with Crippen LogP contribution in [0.5, 0.6) is 5.75 Å². The molecule has 204 valence electrons. The fraction of sp³-hybridized carbons (Fsp3) is 0.357. The molecule has 0 unspecified atom stereocenters. The molecule has 3 aromatic rings. The third-order valence-corrected chi connectivity index (χ3v) is 7.09. The number of carbonyl (C=O) groups excluding carboxylic acids is 1. The van der Waals surface area contributed by atoms with Gasteiger partial charge in [-0.1, -0.05) is 0 Å². The molecular formula is C28H28F3N5O3. The van der Waals surface area contributed by atoms with Gasteiger partial charge in [-0.25, -0.2) is 4.79 Å². The number of ether oxygens (including phenoxy) is 2. The van der Waals surface area contributed by atoms with Crippen LogP contribution in [0.1, 0.15) is 24.0 Å². The van der Waals surface area contributed by atoms with Gasteiger partial charge >= 0.3 is 12.3 Å². The van der Waals surface area contributed by atoms with E-state index in [1.807, 2.05) is 6.07 Å². The highest BCUT2D eigenvalue weighted by Gasteiger charge is 2.30. The molecule has 8 nitrogen and oxygen atoms in total. The van der Waals surface area contributed by atoms with E-state index >= 15 is 0 Å². The summed E-state index contributed by atoms with van der Waals surface area (Å²) in [4.78, 5) is 17.2. The van der Waals surface area contributed by atoms with Crippen molar-refractivity contribution in [1.29, 1.82) is 5.26 Å². The zero-order valence-corrected chi connectivity index (χ0v) is 21.2. The second-order valence-electron chi connectivity index (χ2n) is 9.52. The SMILES string of the molecule is N#Cc1cc(NC(=O)Oc2ccn(-c3ccc(C(F)(F)F)cc3)c2)ccc1N1CCN(C2CCOCC2)CC1. The van der Waals surface area contributed by atoms with Crippen LogP contribution in [0.2, 0.25) is 0 Å². The molecule has 1 aromatic heterocycles. The summed E-state index contributed by atoms with van der Waals surface area (Å²) in [7, 11) is 0. The molecule has 2 aromatic carbocycles. The predicted molar refractivity (Wildman–Crippen MR) is 139 cm³/mol. The van der Waals surface area contributed by atoms with Crippen LogP contribution >= 0.6 is 0 Å². The highest BCUT2D eigenvalue weighted by atomic mass is 19.4. The average Bonchev–Trinajstić information content (AvgIpc) is 3.41. The number of nitrogens with one attached hydrogen (secondary N) is 1. The predicted octanol–water partition coefficient (Wildman–Crippen LogP) is 5.28. The Labute approximate surface area is 224 Å². The van der Waals surface area contributed by atoms with Gasteiger partial charge < -0.3 is 18.9 Å². The van der Waals surface area contributed by atoms with Crippen molar-refractivity contribution in [2.45, 2.75) is 25.1 Å². The fourth-order valence-corrected chi connectivity index (χ4v) is 5.03. The molecule has 1 amide bonds. The first-order valence-electron chi connectivity index (χ1n) is 12.8. The summed E-state index contributed by atoms with van der Waals surface area (Å²) >= 11 is 0. The third kappa shape index (κ3) is 6.35. The lowest BCUT2D eigenvalue weighted by atomic mass is 10.1. The number of piperazine rings is 1. The Morgan fingerprint density at radius 3 is 2.41 bits per heavy atom. The van der Waals surface area contributed by atoms with Crippen LogP contribution in [-0.2, 0) is 10.9 Å². The molecule has 2 aliphatic heterocycles. The maximum Gasteiger partial charge on any atom is 0.417 e. The standard InChI is InChI=1S/C28H28F3N5O3/c29-28(30,31)21-1-4-23(5-2-21)36-10-7-25(19-36)39-27(37)33-22-3-6-26(20(17-22)18-32)35-13-11-34(12-14-35)24-8-15-38-16-9-24/h1-7,10,17,19,24H,8-9,11-16H2,(H,33,37). The van der Waals surface area contributed by atoms with Gasteiger partial charge in [0, 0.05) is 63.0 Å². The van der Waals surface area contributed by atoms with Gasteiger partial charge in [0.15, 0.2) is 5.75 Å². The van der Waals surface area contributed by atoms with Crippen LogP contribution in [0.4, 0.5) is 29.3 Å². The molecule has 3 heterocycles. The number of hydrogen-bond acceptors (Lipinski definition) is 6. The Hall–Kier alpha value is -4.01. The fourth-order valence-electron chi connectivity index (χ4n) is 5.03. The lowest BCUT2D eigenvalue weighted by Gasteiger charge is -2.41. The maximum absolute atomic E-state index is 12.8. The van der Waals surface area contributed by atoms with Gasteiger partial charge in [-0.2, -0.15) is 18.4 Å². The Balaban J connectivity index is 1.17. The number of hydrogen-bond donors (Lipinski definition) is 1. The van der Waals surface area contributed by atoms with Crippen LogP contribution < -0.4 is 15.0 Å². The van der Waals surface area contributed by atoms with E-state index in [1.54, 1.807) is 22.9 Å². The van der Waals surface area contributed by atoms with E-state index in [0.29, 0.717) is 23.0 Å². The number of amides is 1. The van der Waals surface area contributed by atoms with E-state index in [1.165, 1.54) is 24.4 Å². The second kappa shape index (κ2) is 11.4. The van der Waals surface area contributed by atoms with Gasteiger partial charge in [0.1, 0.15) is 6.07 Å². The molecule has 0 bridgehead atoms. The Kier molecular flexibility index (Phi) is 7.77. The van der Waals surface area contributed by atoms with E-state index in [0.717, 1.165) is 70.1 Å². The number of aromatic nitrogens is 1. The van der Waals surface area contributed by atoms with E-state index in [-0.39, 0.29) is 5.75 Å². The van der Waals surface area contributed by atoms with E-state index in [9.17, 15) is 23.2 Å². The molecular weight excluding hydrogens is 511 g/mol. The number of benzene rings is 2. The van der Waals surface area contributed by atoms with Crippen LogP contribution in [0.15, 0.2) is 60.9 Å². The smallest absolute Gasteiger partial charge is 0.408 e. The summed E-state index contributed by atoms with van der Waals surface area (Å²) in [5.74, 6) is 0.215. The number of rotatable bonds is 5. The summed E-state index contributed by atoms with van der Waals surface area (Å²) in [5, 5.41) is 12.4. The summed E-state index contributed by atoms with van der Waals surface area (Å²) in [6, 6.07) is 14.2. The first-order chi connectivity index (χ1) is 18.8. The Morgan fingerprint density at radius 2 is 1.74 bits per heavy atom. The summed E-state index contributed by atoms with van der Waals surface area (Å²) in [6.07, 6.45) is 0.0214. The second-order valence-corrected chi connectivity index (χ2v) is 9.52. The molecule has 2 saturated heterocycles. The zero-order chi connectivity index (χ0) is 27.4. The minimum absolute atomic E-state index is 0.215. The minimum Gasteiger partial charge on any atom is -0.408 e. The van der Waals surface area contributed by atoms with Gasteiger partial charge in [0.25, 0.3) is 0 Å². The highest BCUT2D eigenvalue weighted by Crippen LogP contribution is 2.30. The van der Waals surface area contributed by atoms with Crippen molar-refractivity contribution in [1.82, 2.24) is 9.47 Å². The number of anilines is 2. The monoisotopic (exact) mass is 539 g/mol. The van der Waals surface area contributed by atoms with E-state index in [2.05, 4.69) is 21.2 Å². The molecule has 5 rings (SSSR count). The molecule has 11 heteroatoms.